The minimum Gasteiger partial charge on any atom is -0.507 e. The first-order valence-electron chi connectivity index (χ1n) is 6.05. The van der Waals surface area contributed by atoms with Crippen LogP contribution in [0.15, 0.2) is 18.2 Å². The molecule has 1 aromatic carbocycles. The maximum atomic E-state index is 11.7. The number of anilines is 1. The van der Waals surface area contributed by atoms with E-state index in [1.807, 2.05) is 6.92 Å². The molecule has 0 aromatic heterocycles. The number of carbonyl (C=O) groups is 2. The van der Waals surface area contributed by atoms with Gasteiger partial charge in [0.25, 0.3) is 0 Å². The van der Waals surface area contributed by atoms with Crippen molar-refractivity contribution in [3.8, 4) is 18.1 Å². The summed E-state index contributed by atoms with van der Waals surface area (Å²) in [6.07, 6.45) is 6.31. The Morgan fingerprint density at radius 1 is 1.45 bits per heavy atom. The van der Waals surface area contributed by atoms with E-state index in [2.05, 4.69) is 16.6 Å². The molecule has 1 atom stereocenters. The summed E-state index contributed by atoms with van der Waals surface area (Å²) in [5, 5.41) is 23.5. The Morgan fingerprint density at radius 3 is 2.65 bits per heavy atom. The number of carboxylic acid groups (broad SMARTS) is 1. The molecule has 1 unspecified atom stereocenters. The second kappa shape index (κ2) is 7.04. The number of terminal acetylenes is 1. The van der Waals surface area contributed by atoms with E-state index in [9.17, 15) is 14.7 Å². The molecule has 0 heterocycles. The fourth-order valence-electron chi connectivity index (χ4n) is 1.58. The summed E-state index contributed by atoms with van der Waals surface area (Å²) in [4.78, 5) is 22.4. The standard InChI is InChI=1S/C14H16N2O4/c1-3-5-9(4-2)15-14(20)16-10-6-7-11(13(18)19)12(17)8-10/h1,6-9,17H,4-5H2,2H3,(H,18,19)(H2,15,16,20). The predicted octanol–water partition coefficient (Wildman–Crippen LogP) is 2.01. The van der Waals surface area contributed by atoms with E-state index >= 15 is 0 Å². The summed E-state index contributed by atoms with van der Waals surface area (Å²) in [7, 11) is 0. The van der Waals surface area contributed by atoms with Gasteiger partial charge in [0.05, 0.1) is 0 Å². The van der Waals surface area contributed by atoms with Gasteiger partial charge in [0, 0.05) is 24.2 Å². The molecule has 0 saturated heterocycles. The van der Waals surface area contributed by atoms with Crippen LogP contribution in [0.2, 0.25) is 0 Å². The number of aromatic carboxylic acids is 1. The second-order valence-electron chi connectivity index (χ2n) is 4.15. The van der Waals surface area contributed by atoms with Crippen LogP contribution >= 0.6 is 0 Å². The summed E-state index contributed by atoms with van der Waals surface area (Å²) in [5.41, 5.74) is 0.0651. The van der Waals surface area contributed by atoms with Crippen molar-refractivity contribution in [2.24, 2.45) is 0 Å². The highest BCUT2D eigenvalue weighted by atomic mass is 16.4. The molecule has 0 spiro atoms. The summed E-state index contributed by atoms with van der Waals surface area (Å²) in [6.45, 7) is 1.90. The molecule has 0 aliphatic heterocycles. The van der Waals surface area contributed by atoms with E-state index in [4.69, 9.17) is 11.5 Å². The zero-order valence-corrected chi connectivity index (χ0v) is 11.0. The van der Waals surface area contributed by atoms with Gasteiger partial charge in [-0.1, -0.05) is 6.92 Å². The summed E-state index contributed by atoms with van der Waals surface area (Å²) < 4.78 is 0. The SMILES string of the molecule is C#CCC(CC)NC(=O)Nc1ccc(C(=O)O)c(O)c1. The molecule has 0 fully saturated rings. The Balaban J connectivity index is 2.69. The number of aromatic hydroxyl groups is 1. The van der Waals surface area contributed by atoms with Crippen molar-refractivity contribution in [2.45, 2.75) is 25.8 Å². The minimum absolute atomic E-state index is 0.133. The average Bonchev–Trinajstić information content (AvgIpc) is 2.37. The van der Waals surface area contributed by atoms with Crippen molar-refractivity contribution >= 4 is 17.7 Å². The number of benzene rings is 1. The zero-order chi connectivity index (χ0) is 15.1. The lowest BCUT2D eigenvalue weighted by atomic mass is 10.1. The highest BCUT2D eigenvalue weighted by Gasteiger charge is 2.12. The number of rotatable bonds is 5. The van der Waals surface area contributed by atoms with E-state index in [1.54, 1.807) is 0 Å². The molecule has 106 valence electrons. The van der Waals surface area contributed by atoms with Crippen LogP contribution in [0.4, 0.5) is 10.5 Å². The number of carbonyl (C=O) groups excluding carboxylic acids is 1. The van der Waals surface area contributed by atoms with Gasteiger partial charge in [0.1, 0.15) is 11.3 Å². The first-order valence-corrected chi connectivity index (χ1v) is 6.05. The smallest absolute Gasteiger partial charge is 0.339 e. The van der Waals surface area contributed by atoms with Crippen LogP contribution in [0.25, 0.3) is 0 Å². The van der Waals surface area contributed by atoms with Crippen molar-refractivity contribution in [1.82, 2.24) is 5.32 Å². The van der Waals surface area contributed by atoms with Gasteiger partial charge >= 0.3 is 12.0 Å². The molecule has 4 N–H and O–H groups in total. The highest BCUT2D eigenvalue weighted by Crippen LogP contribution is 2.21. The van der Waals surface area contributed by atoms with Crippen LogP contribution in [0.3, 0.4) is 0 Å². The maximum absolute atomic E-state index is 11.7. The first kappa shape index (κ1) is 15.4. The molecular formula is C14H16N2O4. The van der Waals surface area contributed by atoms with E-state index in [1.165, 1.54) is 18.2 Å². The van der Waals surface area contributed by atoms with Gasteiger partial charge in [-0.15, -0.1) is 12.3 Å². The van der Waals surface area contributed by atoms with Gasteiger partial charge in [0.15, 0.2) is 0 Å². The lowest BCUT2D eigenvalue weighted by molar-refractivity contribution is 0.0694. The molecule has 1 aromatic rings. The van der Waals surface area contributed by atoms with Gasteiger partial charge < -0.3 is 20.8 Å². The Bertz CT molecular complexity index is 549. The first-order chi connectivity index (χ1) is 9.47. The number of urea groups is 1. The molecule has 0 bridgehead atoms. The van der Waals surface area contributed by atoms with Gasteiger partial charge in [0.2, 0.25) is 0 Å². The van der Waals surface area contributed by atoms with Crippen molar-refractivity contribution in [1.29, 1.82) is 0 Å². The second-order valence-corrected chi connectivity index (χ2v) is 4.15. The van der Waals surface area contributed by atoms with E-state index in [0.29, 0.717) is 18.5 Å². The number of phenols is 1. The van der Waals surface area contributed by atoms with Gasteiger partial charge in [-0.3, -0.25) is 0 Å². The van der Waals surface area contributed by atoms with Crippen LogP contribution in [0, 0.1) is 12.3 Å². The molecule has 20 heavy (non-hydrogen) atoms. The van der Waals surface area contributed by atoms with Gasteiger partial charge in [-0.25, -0.2) is 9.59 Å². The van der Waals surface area contributed by atoms with E-state index in [-0.39, 0.29) is 11.6 Å². The molecular weight excluding hydrogens is 260 g/mol. The highest BCUT2D eigenvalue weighted by molar-refractivity contribution is 5.94. The minimum atomic E-state index is -1.24. The normalized spacial score (nSPS) is 11.2. The number of amides is 2. The molecule has 0 saturated carbocycles. The molecule has 0 radical (unpaired) electrons. The van der Waals surface area contributed by atoms with Crippen molar-refractivity contribution in [2.75, 3.05) is 5.32 Å². The van der Waals surface area contributed by atoms with Gasteiger partial charge in [-0.2, -0.15) is 0 Å². The molecule has 1 rings (SSSR count). The van der Waals surface area contributed by atoms with E-state index in [0.717, 1.165) is 0 Å². The number of carboxylic acids is 1. The fraction of sp³-hybridized carbons (Fsp3) is 0.286. The third-order valence-corrected chi connectivity index (χ3v) is 2.68. The predicted molar refractivity (Wildman–Crippen MR) is 74.7 cm³/mol. The number of nitrogens with one attached hydrogen (secondary N) is 2. The molecule has 2 amide bonds. The summed E-state index contributed by atoms with van der Waals surface area (Å²) in [5.74, 6) is 0.821. The Hall–Kier alpha value is -2.68. The maximum Gasteiger partial charge on any atom is 0.339 e. The van der Waals surface area contributed by atoms with Crippen LogP contribution in [-0.2, 0) is 0 Å². The Labute approximate surface area is 116 Å². The Morgan fingerprint density at radius 2 is 2.15 bits per heavy atom. The molecule has 6 nitrogen and oxygen atoms in total. The zero-order valence-electron chi connectivity index (χ0n) is 11.0. The van der Waals surface area contributed by atoms with Crippen molar-refractivity contribution in [3.05, 3.63) is 23.8 Å². The lowest BCUT2D eigenvalue weighted by Gasteiger charge is -2.15. The monoisotopic (exact) mass is 276 g/mol. The van der Waals surface area contributed by atoms with Crippen molar-refractivity contribution in [3.63, 3.8) is 0 Å². The van der Waals surface area contributed by atoms with Crippen LogP contribution < -0.4 is 10.6 Å². The third kappa shape index (κ3) is 4.21. The number of hydrogen-bond donors (Lipinski definition) is 4. The Kier molecular flexibility index (Phi) is 5.42. The fourth-order valence-corrected chi connectivity index (χ4v) is 1.58. The largest absolute Gasteiger partial charge is 0.507 e. The van der Waals surface area contributed by atoms with Crippen molar-refractivity contribution < 1.29 is 19.8 Å². The quantitative estimate of drug-likeness (QED) is 0.618. The van der Waals surface area contributed by atoms with Crippen LogP contribution in [0.1, 0.15) is 30.1 Å². The number of hydrogen-bond acceptors (Lipinski definition) is 3. The molecule has 0 aliphatic carbocycles. The molecule has 6 heteroatoms. The summed E-state index contributed by atoms with van der Waals surface area (Å²) >= 11 is 0. The van der Waals surface area contributed by atoms with Crippen LogP contribution in [-0.4, -0.2) is 28.3 Å². The van der Waals surface area contributed by atoms with Gasteiger partial charge in [-0.05, 0) is 18.6 Å². The average molecular weight is 276 g/mol. The van der Waals surface area contributed by atoms with E-state index < -0.39 is 17.7 Å². The lowest BCUT2D eigenvalue weighted by Crippen LogP contribution is -2.37. The summed E-state index contributed by atoms with van der Waals surface area (Å²) in [6, 6.07) is 3.18. The van der Waals surface area contributed by atoms with Crippen LogP contribution in [0.5, 0.6) is 5.75 Å². The topological polar surface area (TPSA) is 98.7 Å². The molecule has 0 aliphatic rings. The third-order valence-electron chi connectivity index (χ3n) is 2.68.